The van der Waals surface area contributed by atoms with Crippen molar-refractivity contribution in [2.75, 3.05) is 45.1 Å². The van der Waals surface area contributed by atoms with E-state index < -0.39 is 12.0 Å². The van der Waals surface area contributed by atoms with Gasteiger partial charge in [-0.3, -0.25) is 0 Å². The van der Waals surface area contributed by atoms with Crippen molar-refractivity contribution in [3.63, 3.8) is 0 Å². The summed E-state index contributed by atoms with van der Waals surface area (Å²) in [6.45, 7) is 0.585. The van der Waals surface area contributed by atoms with E-state index in [0.29, 0.717) is 6.61 Å². The van der Waals surface area contributed by atoms with Crippen molar-refractivity contribution in [2.24, 2.45) is 0 Å². The summed E-state index contributed by atoms with van der Waals surface area (Å²) in [7, 11) is 4.48. The van der Waals surface area contributed by atoms with Crippen molar-refractivity contribution in [1.82, 2.24) is 9.97 Å². The van der Waals surface area contributed by atoms with Crippen LogP contribution in [0.1, 0.15) is 5.82 Å². The summed E-state index contributed by atoms with van der Waals surface area (Å²) in [5.41, 5.74) is 0. The quantitative estimate of drug-likeness (QED) is 0.796. The van der Waals surface area contributed by atoms with E-state index in [9.17, 15) is 13.2 Å². The first-order valence-electron chi connectivity index (χ1n) is 5.80. The van der Waals surface area contributed by atoms with Gasteiger partial charge in [0.25, 0.3) is 0 Å². The molecule has 0 aliphatic carbocycles. The van der Waals surface area contributed by atoms with Crippen LogP contribution in [-0.2, 0) is 15.7 Å². The highest BCUT2D eigenvalue weighted by atomic mass is 19.4. The summed E-state index contributed by atoms with van der Waals surface area (Å²) in [6, 6.07) is 1.38. The number of ether oxygens (including phenoxy) is 2. The molecule has 0 spiro atoms. The predicted octanol–water partition coefficient (Wildman–Crippen LogP) is 1.61. The molecule has 20 heavy (non-hydrogen) atoms. The van der Waals surface area contributed by atoms with E-state index in [1.54, 1.807) is 0 Å². The van der Waals surface area contributed by atoms with Crippen LogP contribution in [0.2, 0.25) is 0 Å². The number of halogens is 3. The average Bonchev–Trinajstić information content (AvgIpc) is 2.42. The van der Waals surface area contributed by atoms with Crippen LogP contribution in [0.5, 0.6) is 0 Å². The van der Waals surface area contributed by atoms with E-state index in [2.05, 4.69) is 20.6 Å². The Labute approximate surface area is 114 Å². The third-order valence-electron chi connectivity index (χ3n) is 2.43. The lowest BCUT2D eigenvalue weighted by Crippen LogP contribution is -2.27. The Kier molecular flexibility index (Phi) is 5.96. The normalized spacial score (nSPS) is 13.1. The van der Waals surface area contributed by atoms with Crippen LogP contribution in [0.15, 0.2) is 6.07 Å². The zero-order valence-corrected chi connectivity index (χ0v) is 11.4. The Morgan fingerprint density at radius 1 is 1.25 bits per heavy atom. The van der Waals surface area contributed by atoms with Gasteiger partial charge in [0.1, 0.15) is 11.6 Å². The maximum absolute atomic E-state index is 12.6. The minimum absolute atomic E-state index is 0.0647. The van der Waals surface area contributed by atoms with E-state index in [4.69, 9.17) is 9.47 Å². The van der Waals surface area contributed by atoms with Gasteiger partial charge in [0.2, 0.25) is 5.82 Å². The first-order chi connectivity index (χ1) is 9.40. The van der Waals surface area contributed by atoms with Gasteiger partial charge in [-0.1, -0.05) is 0 Å². The van der Waals surface area contributed by atoms with Gasteiger partial charge in [0, 0.05) is 33.9 Å². The molecule has 2 N–H and O–H groups in total. The molecule has 1 atom stereocenters. The van der Waals surface area contributed by atoms with Crippen molar-refractivity contribution >= 4 is 11.6 Å². The molecule has 1 heterocycles. The third-order valence-corrected chi connectivity index (χ3v) is 2.43. The fourth-order valence-corrected chi connectivity index (χ4v) is 1.41. The van der Waals surface area contributed by atoms with Crippen LogP contribution in [0.4, 0.5) is 24.8 Å². The molecule has 0 radical (unpaired) electrons. The van der Waals surface area contributed by atoms with Crippen molar-refractivity contribution < 1.29 is 22.6 Å². The number of nitrogens with zero attached hydrogens (tertiary/aromatic N) is 2. The van der Waals surface area contributed by atoms with Crippen molar-refractivity contribution in [3.05, 3.63) is 11.9 Å². The molecule has 0 fully saturated rings. The monoisotopic (exact) mass is 294 g/mol. The molecule has 0 amide bonds. The molecule has 114 valence electrons. The number of hydrogen-bond donors (Lipinski definition) is 2. The van der Waals surface area contributed by atoms with Crippen LogP contribution < -0.4 is 10.6 Å². The van der Waals surface area contributed by atoms with Crippen LogP contribution in [-0.4, -0.2) is 50.5 Å². The topological polar surface area (TPSA) is 68.3 Å². The Morgan fingerprint density at radius 2 is 1.90 bits per heavy atom. The lowest BCUT2D eigenvalue weighted by Gasteiger charge is -2.16. The molecule has 9 heteroatoms. The number of rotatable bonds is 7. The molecule has 0 saturated heterocycles. The van der Waals surface area contributed by atoms with Gasteiger partial charge < -0.3 is 20.1 Å². The highest BCUT2D eigenvalue weighted by Crippen LogP contribution is 2.28. The second-order valence-corrected chi connectivity index (χ2v) is 3.90. The lowest BCUT2D eigenvalue weighted by atomic mass is 10.3. The number of methoxy groups -OCH3 is 2. The second kappa shape index (κ2) is 7.25. The first-order valence-corrected chi connectivity index (χ1v) is 5.80. The number of alkyl halides is 3. The molecule has 1 aromatic heterocycles. The minimum atomic E-state index is -4.60. The molecule has 0 aliphatic rings. The largest absolute Gasteiger partial charge is 0.451 e. The molecule has 1 aromatic rings. The van der Waals surface area contributed by atoms with Gasteiger partial charge in [0.05, 0.1) is 12.7 Å². The van der Waals surface area contributed by atoms with Crippen LogP contribution in [0.25, 0.3) is 0 Å². The molecule has 6 nitrogen and oxygen atoms in total. The summed E-state index contributed by atoms with van der Waals surface area (Å²) in [5, 5.41) is 5.33. The SMILES string of the molecule is CNc1cc(NCC(COC)OC)nc(C(F)(F)F)n1. The highest BCUT2D eigenvalue weighted by Gasteiger charge is 2.35. The zero-order chi connectivity index (χ0) is 15.2. The fraction of sp³-hybridized carbons (Fsp3) is 0.636. The summed E-state index contributed by atoms with van der Waals surface area (Å²) in [6.07, 6.45) is -4.89. The number of nitrogens with one attached hydrogen (secondary N) is 2. The third kappa shape index (κ3) is 4.82. The highest BCUT2D eigenvalue weighted by molar-refractivity contribution is 5.47. The summed E-state index contributed by atoms with van der Waals surface area (Å²) in [4.78, 5) is 6.80. The second-order valence-electron chi connectivity index (χ2n) is 3.90. The Balaban J connectivity index is 2.84. The predicted molar refractivity (Wildman–Crippen MR) is 67.7 cm³/mol. The number of aromatic nitrogens is 2. The Bertz CT molecular complexity index is 429. The lowest BCUT2D eigenvalue weighted by molar-refractivity contribution is -0.144. The number of hydrogen-bond acceptors (Lipinski definition) is 6. The van der Waals surface area contributed by atoms with Gasteiger partial charge in [0.15, 0.2) is 0 Å². The molecule has 1 rings (SSSR count). The van der Waals surface area contributed by atoms with Crippen molar-refractivity contribution in [1.29, 1.82) is 0 Å². The van der Waals surface area contributed by atoms with E-state index in [-0.39, 0.29) is 24.3 Å². The van der Waals surface area contributed by atoms with E-state index >= 15 is 0 Å². The van der Waals surface area contributed by atoms with E-state index in [1.807, 2.05) is 0 Å². The molecule has 0 saturated carbocycles. The maximum Gasteiger partial charge on any atom is 0.451 e. The van der Waals surface area contributed by atoms with Gasteiger partial charge in [-0.25, -0.2) is 9.97 Å². The van der Waals surface area contributed by atoms with E-state index in [1.165, 1.54) is 27.3 Å². The van der Waals surface area contributed by atoms with Gasteiger partial charge in [-0.2, -0.15) is 13.2 Å². The Hall–Kier alpha value is -1.61. The van der Waals surface area contributed by atoms with Crippen molar-refractivity contribution in [3.8, 4) is 0 Å². The van der Waals surface area contributed by atoms with Gasteiger partial charge in [-0.05, 0) is 0 Å². The van der Waals surface area contributed by atoms with Crippen LogP contribution in [0, 0.1) is 0 Å². The minimum Gasteiger partial charge on any atom is -0.382 e. The zero-order valence-electron chi connectivity index (χ0n) is 11.4. The number of anilines is 2. The van der Waals surface area contributed by atoms with E-state index in [0.717, 1.165) is 0 Å². The van der Waals surface area contributed by atoms with Gasteiger partial charge >= 0.3 is 6.18 Å². The molecular formula is C11H17F3N4O2. The molecular weight excluding hydrogens is 277 g/mol. The smallest absolute Gasteiger partial charge is 0.382 e. The average molecular weight is 294 g/mol. The van der Waals surface area contributed by atoms with Crippen LogP contribution in [0.3, 0.4) is 0 Å². The van der Waals surface area contributed by atoms with Crippen molar-refractivity contribution in [2.45, 2.75) is 12.3 Å². The molecule has 0 aliphatic heterocycles. The van der Waals surface area contributed by atoms with Gasteiger partial charge in [-0.15, -0.1) is 0 Å². The maximum atomic E-state index is 12.6. The summed E-state index contributed by atoms with van der Waals surface area (Å²) in [5.74, 6) is -1.06. The molecule has 0 aromatic carbocycles. The standard InChI is InChI=1S/C11H17F3N4O2/c1-15-8-4-9(16-5-7(20-3)6-19-2)18-10(17-8)11(12,13)14/h4,7H,5-6H2,1-3H3,(H2,15,16,17,18). The first kappa shape index (κ1) is 16.4. The molecule has 1 unspecified atom stereocenters. The summed E-state index contributed by atoms with van der Waals surface area (Å²) < 4.78 is 47.9. The molecule has 0 bridgehead atoms. The van der Waals surface area contributed by atoms with Crippen LogP contribution >= 0.6 is 0 Å². The fourth-order valence-electron chi connectivity index (χ4n) is 1.41. The summed E-state index contributed by atoms with van der Waals surface area (Å²) >= 11 is 0. The Morgan fingerprint density at radius 3 is 2.40 bits per heavy atom.